The highest BCUT2D eigenvalue weighted by molar-refractivity contribution is 5.79. The molecule has 13 heavy (non-hydrogen) atoms. The SMILES string of the molecule is Cc1ccc2c(c1)CCC(=O)CC2. The van der Waals surface area contributed by atoms with E-state index in [1.165, 1.54) is 16.7 Å². The monoisotopic (exact) mass is 174 g/mol. The van der Waals surface area contributed by atoms with Gasteiger partial charge in [-0.15, -0.1) is 0 Å². The summed E-state index contributed by atoms with van der Waals surface area (Å²) in [7, 11) is 0. The predicted molar refractivity (Wildman–Crippen MR) is 52.8 cm³/mol. The maximum Gasteiger partial charge on any atom is 0.133 e. The summed E-state index contributed by atoms with van der Waals surface area (Å²) in [6, 6.07) is 6.52. The summed E-state index contributed by atoms with van der Waals surface area (Å²) >= 11 is 0. The molecular formula is C12H14O. The van der Waals surface area contributed by atoms with Crippen molar-refractivity contribution in [2.75, 3.05) is 0 Å². The zero-order valence-electron chi connectivity index (χ0n) is 7.97. The lowest BCUT2D eigenvalue weighted by molar-refractivity contribution is -0.118. The van der Waals surface area contributed by atoms with E-state index in [0.29, 0.717) is 5.78 Å². The van der Waals surface area contributed by atoms with Gasteiger partial charge in [-0.25, -0.2) is 0 Å². The number of carbonyl (C=O) groups excluding carboxylic acids is 1. The van der Waals surface area contributed by atoms with Gasteiger partial charge in [-0.1, -0.05) is 23.8 Å². The van der Waals surface area contributed by atoms with Crippen molar-refractivity contribution in [1.82, 2.24) is 0 Å². The van der Waals surface area contributed by atoms with Crippen LogP contribution in [-0.4, -0.2) is 5.78 Å². The van der Waals surface area contributed by atoms with E-state index in [-0.39, 0.29) is 0 Å². The Morgan fingerprint density at radius 3 is 2.46 bits per heavy atom. The molecule has 1 aromatic carbocycles. The molecule has 0 bridgehead atoms. The van der Waals surface area contributed by atoms with Crippen molar-refractivity contribution in [2.45, 2.75) is 32.6 Å². The minimum absolute atomic E-state index is 0.411. The Morgan fingerprint density at radius 1 is 1.00 bits per heavy atom. The minimum Gasteiger partial charge on any atom is -0.300 e. The van der Waals surface area contributed by atoms with Gasteiger partial charge >= 0.3 is 0 Å². The molecule has 68 valence electrons. The van der Waals surface area contributed by atoms with Gasteiger partial charge < -0.3 is 0 Å². The highest BCUT2D eigenvalue weighted by atomic mass is 16.1. The number of fused-ring (bicyclic) bond motifs is 1. The summed E-state index contributed by atoms with van der Waals surface area (Å²) in [5, 5.41) is 0. The molecule has 0 atom stereocenters. The number of carbonyl (C=O) groups is 1. The first-order valence-electron chi connectivity index (χ1n) is 4.86. The lowest BCUT2D eigenvalue weighted by Crippen LogP contribution is -1.95. The van der Waals surface area contributed by atoms with E-state index in [2.05, 4.69) is 25.1 Å². The molecule has 0 spiro atoms. The van der Waals surface area contributed by atoms with E-state index in [4.69, 9.17) is 0 Å². The number of ketones is 1. The molecule has 0 radical (unpaired) electrons. The van der Waals surface area contributed by atoms with Crippen molar-refractivity contribution in [2.24, 2.45) is 0 Å². The van der Waals surface area contributed by atoms with E-state index in [1.54, 1.807) is 0 Å². The van der Waals surface area contributed by atoms with Crippen molar-refractivity contribution in [3.05, 3.63) is 34.9 Å². The van der Waals surface area contributed by atoms with Gasteiger partial charge in [-0.3, -0.25) is 4.79 Å². The van der Waals surface area contributed by atoms with Gasteiger partial charge in [0.15, 0.2) is 0 Å². The lowest BCUT2D eigenvalue weighted by atomic mass is 10.0. The zero-order valence-corrected chi connectivity index (χ0v) is 7.97. The van der Waals surface area contributed by atoms with Crippen LogP contribution in [0.15, 0.2) is 18.2 Å². The molecule has 0 fully saturated rings. The van der Waals surface area contributed by atoms with E-state index in [1.807, 2.05) is 0 Å². The summed E-state index contributed by atoms with van der Waals surface area (Å²) in [5.74, 6) is 0.411. The van der Waals surface area contributed by atoms with Crippen LogP contribution in [0, 0.1) is 6.92 Å². The van der Waals surface area contributed by atoms with Crippen LogP contribution in [0.3, 0.4) is 0 Å². The summed E-state index contributed by atoms with van der Waals surface area (Å²) in [6.45, 7) is 2.10. The molecule has 0 unspecified atom stereocenters. The maximum atomic E-state index is 11.2. The summed E-state index contributed by atoms with van der Waals surface area (Å²) in [6.07, 6.45) is 3.34. The van der Waals surface area contributed by atoms with E-state index >= 15 is 0 Å². The fourth-order valence-corrected chi connectivity index (χ4v) is 1.90. The Balaban J connectivity index is 2.35. The van der Waals surface area contributed by atoms with Gasteiger partial charge in [0.25, 0.3) is 0 Å². The van der Waals surface area contributed by atoms with Gasteiger partial charge in [0, 0.05) is 12.8 Å². The van der Waals surface area contributed by atoms with E-state index < -0.39 is 0 Å². The third kappa shape index (κ3) is 1.80. The number of benzene rings is 1. The number of rotatable bonds is 0. The summed E-state index contributed by atoms with van der Waals surface area (Å²) in [4.78, 5) is 11.2. The molecule has 1 nitrogen and oxygen atoms in total. The average Bonchev–Trinajstić information content (AvgIpc) is 2.29. The third-order valence-corrected chi connectivity index (χ3v) is 2.71. The lowest BCUT2D eigenvalue weighted by Gasteiger charge is -2.04. The predicted octanol–water partition coefficient (Wildman–Crippen LogP) is 2.44. The number of aryl methyl sites for hydroxylation is 3. The van der Waals surface area contributed by atoms with Crippen LogP contribution in [0.4, 0.5) is 0 Å². The van der Waals surface area contributed by atoms with Crippen LogP contribution in [0.25, 0.3) is 0 Å². The van der Waals surface area contributed by atoms with Gasteiger partial charge in [-0.2, -0.15) is 0 Å². The van der Waals surface area contributed by atoms with Crippen molar-refractivity contribution in [3.63, 3.8) is 0 Å². The normalized spacial score (nSPS) is 16.5. The highest BCUT2D eigenvalue weighted by Gasteiger charge is 2.12. The molecule has 0 aromatic heterocycles. The smallest absolute Gasteiger partial charge is 0.133 e. The minimum atomic E-state index is 0.411. The average molecular weight is 174 g/mol. The summed E-state index contributed by atoms with van der Waals surface area (Å²) < 4.78 is 0. The van der Waals surface area contributed by atoms with Crippen LogP contribution in [0.1, 0.15) is 29.5 Å². The topological polar surface area (TPSA) is 17.1 Å². The third-order valence-electron chi connectivity index (χ3n) is 2.71. The Morgan fingerprint density at radius 2 is 1.69 bits per heavy atom. The summed E-state index contributed by atoms with van der Waals surface area (Å²) in [5.41, 5.74) is 4.05. The molecule has 1 heteroatoms. The maximum absolute atomic E-state index is 11.2. The second-order valence-corrected chi connectivity index (χ2v) is 3.81. The van der Waals surface area contributed by atoms with E-state index in [0.717, 1.165) is 25.7 Å². The largest absolute Gasteiger partial charge is 0.300 e. The number of hydrogen-bond donors (Lipinski definition) is 0. The van der Waals surface area contributed by atoms with E-state index in [9.17, 15) is 4.79 Å². The highest BCUT2D eigenvalue weighted by Crippen LogP contribution is 2.19. The first kappa shape index (κ1) is 8.49. The first-order valence-corrected chi connectivity index (χ1v) is 4.86. The Bertz CT molecular complexity index is 339. The van der Waals surface area contributed by atoms with Gasteiger partial charge in [0.05, 0.1) is 0 Å². The van der Waals surface area contributed by atoms with Crippen LogP contribution in [0.5, 0.6) is 0 Å². The fraction of sp³-hybridized carbons (Fsp3) is 0.417. The molecule has 0 heterocycles. The number of hydrogen-bond acceptors (Lipinski definition) is 1. The van der Waals surface area contributed by atoms with Crippen molar-refractivity contribution >= 4 is 5.78 Å². The number of Topliss-reactive ketones (excluding diaryl/α,β-unsaturated/α-hetero) is 1. The quantitative estimate of drug-likeness (QED) is 0.552. The molecule has 1 aliphatic carbocycles. The molecule has 0 saturated carbocycles. The molecule has 0 N–H and O–H groups in total. The Kier molecular flexibility index (Phi) is 2.17. The second kappa shape index (κ2) is 3.33. The van der Waals surface area contributed by atoms with Crippen molar-refractivity contribution in [1.29, 1.82) is 0 Å². The molecule has 1 aromatic rings. The second-order valence-electron chi connectivity index (χ2n) is 3.81. The van der Waals surface area contributed by atoms with Crippen molar-refractivity contribution < 1.29 is 4.79 Å². The van der Waals surface area contributed by atoms with Crippen LogP contribution in [0.2, 0.25) is 0 Å². The zero-order chi connectivity index (χ0) is 9.26. The van der Waals surface area contributed by atoms with Crippen LogP contribution >= 0.6 is 0 Å². The van der Waals surface area contributed by atoms with Gasteiger partial charge in [0.2, 0.25) is 0 Å². The standard InChI is InChI=1S/C12H14O/c1-9-2-3-10-4-6-12(13)7-5-11(10)8-9/h2-3,8H,4-7H2,1H3. The van der Waals surface area contributed by atoms with Crippen LogP contribution in [-0.2, 0) is 17.6 Å². The first-order chi connectivity index (χ1) is 6.25. The molecule has 1 aliphatic rings. The Labute approximate surface area is 78.8 Å². The molecule has 0 aliphatic heterocycles. The molecule has 2 rings (SSSR count). The molecule has 0 saturated heterocycles. The molecular weight excluding hydrogens is 160 g/mol. The van der Waals surface area contributed by atoms with Crippen LogP contribution < -0.4 is 0 Å². The van der Waals surface area contributed by atoms with Crippen molar-refractivity contribution in [3.8, 4) is 0 Å². The fourth-order valence-electron chi connectivity index (χ4n) is 1.90. The molecule has 0 amide bonds. The van der Waals surface area contributed by atoms with Gasteiger partial charge in [0.1, 0.15) is 5.78 Å². The van der Waals surface area contributed by atoms with Gasteiger partial charge in [-0.05, 0) is 30.9 Å². The Hall–Kier alpha value is -1.11.